The van der Waals surface area contributed by atoms with Crippen LogP contribution in [0.3, 0.4) is 0 Å². The third kappa shape index (κ3) is 1.42. The molecule has 2 aliphatic heterocycles. The number of thioether (sulfide) groups is 1. The highest BCUT2D eigenvalue weighted by molar-refractivity contribution is 8.16. The van der Waals surface area contributed by atoms with Crippen LogP contribution in [0.25, 0.3) is 16.7 Å². The summed E-state index contributed by atoms with van der Waals surface area (Å²) >= 11 is 1.71. The van der Waals surface area contributed by atoms with E-state index in [2.05, 4.69) is 27.4 Å². The highest BCUT2D eigenvalue weighted by Gasteiger charge is 2.27. The van der Waals surface area contributed by atoms with Crippen LogP contribution in [-0.4, -0.2) is 23.2 Å². The Hall–Kier alpha value is -1.68. The number of amidine groups is 1. The Labute approximate surface area is 109 Å². The smallest absolute Gasteiger partial charge is 0.168 e. The van der Waals surface area contributed by atoms with Gasteiger partial charge in [-0.15, -0.1) is 0 Å². The van der Waals surface area contributed by atoms with E-state index in [1.165, 1.54) is 16.6 Å². The van der Waals surface area contributed by atoms with E-state index in [0.29, 0.717) is 0 Å². The summed E-state index contributed by atoms with van der Waals surface area (Å²) in [5, 5.41) is 4.49. The lowest BCUT2D eigenvalue weighted by molar-refractivity contribution is 0.540. The summed E-state index contributed by atoms with van der Waals surface area (Å²) in [7, 11) is 0. The van der Waals surface area contributed by atoms with Crippen molar-refractivity contribution in [2.24, 2.45) is 4.99 Å². The fourth-order valence-corrected chi connectivity index (χ4v) is 3.42. The number of furan rings is 1. The molecule has 0 saturated heterocycles. The Morgan fingerprint density at radius 2 is 2.22 bits per heavy atom. The van der Waals surface area contributed by atoms with E-state index >= 15 is 0 Å². The van der Waals surface area contributed by atoms with Crippen molar-refractivity contribution in [1.82, 2.24) is 4.90 Å². The maximum atomic E-state index is 5.62. The van der Waals surface area contributed by atoms with Crippen LogP contribution in [-0.2, 0) is 0 Å². The van der Waals surface area contributed by atoms with Crippen molar-refractivity contribution in [2.45, 2.75) is 6.42 Å². The summed E-state index contributed by atoms with van der Waals surface area (Å²) in [6, 6.07) is 8.17. The molecule has 0 amide bonds. The van der Waals surface area contributed by atoms with Crippen LogP contribution in [0, 0.1) is 0 Å². The summed E-state index contributed by atoms with van der Waals surface area (Å²) in [6.45, 7) is 2.00. The van der Waals surface area contributed by atoms with Gasteiger partial charge < -0.3 is 9.32 Å². The highest BCUT2D eigenvalue weighted by atomic mass is 32.2. The van der Waals surface area contributed by atoms with Gasteiger partial charge in [-0.05, 0) is 12.5 Å². The van der Waals surface area contributed by atoms with Crippen molar-refractivity contribution in [2.75, 3.05) is 13.1 Å². The lowest BCUT2D eigenvalue weighted by Gasteiger charge is -2.24. The van der Waals surface area contributed by atoms with Crippen LogP contribution < -0.4 is 0 Å². The normalized spacial score (nSPS) is 18.8. The predicted octanol–water partition coefficient (Wildman–Crippen LogP) is 3.54. The first-order valence-electron chi connectivity index (χ1n) is 6.09. The molecule has 0 N–H and O–H groups in total. The minimum Gasteiger partial charge on any atom is -0.464 e. The number of hydrogen-bond acceptors (Lipinski definition) is 4. The second-order valence-electron chi connectivity index (χ2n) is 4.44. The molecular weight excluding hydrogens is 244 g/mol. The van der Waals surface area contributed by atoms with Crippen LogP contribution >= 0.6 is 11.8 Å². The Morgan fingerprint density at radius 1 is 1.28 bits per heavy atom. The Bertz CT molecular complexity index is 671. The minimum atomic E-state index is 0.945. The van der Waals surface area contributed by atoms with Crippen LogP contribution in [0.1, 0.15) is 12.0 Å². The monoisotopic (exact) mass is 256 g/mol. The van der Waals surface area contributed by atoms with E-state index in [4.69, 9.17) is 4.42 Å². The lowest BCUT2D eigenvalue weighted by Crippen LogP contribution is -2.28. The van der Waals surface area contributed by atoms with Crippen LogP contribution in [0.5, 0.6) is 0 Å². The molecule has 0 radical (unpaired) electrons. The molecule has 4 heteroatoms. The number of rotatable bonds is 1. The van der Waals surface area contributed by atoms with Gasteiger partial charge in [0, 0.05) is 29.4 Å². The van der Waals surface area contributed by atoms with Gasteiger partial charge in [-0.2, -0.15) is 0 Å². The molecule has 4 rings (SSSR count). The number of aliphatic imine (C=N–C) groups is 1. The molecule has 0 unspecified atom stereocenters. The maximum absolute atomic E-state index is 5.62. The van der Waals surface area contributed by atoms with Gasteiger partial charge in [-0.3, -0.25) is 4.99 Å². The molecule has 2 aromatic rings. The first-order valence-corrected chi connectivity index (χ1v) is 6.97. The zero-order chi connectivity index (χ0) is 11.9. The average molecular weight is 256 g/mol. The molecular formula is C14H12N2OS. The summed E-state index contributed by atoms with van der Waals surface area (Å²) in [6.07, 6.45) is 2.98. The van der Waals surface area contributed by atoms with E-state index in [-0.39, 0.29) is 0 Å². The molecule has 0 spiro atoms. The van der Waals surface area contributed by atoms with E-state index in [9.17, 15) is 0 Å². The van der Waals surface area contributed by atoms with Crippen molar-refractivity contribution in [3.63, 3.8) is 0 Å². The van der Waals surface area contributed by atoms with Gasteiger partial charge in [0.25, 0.3) is 0 Å². The number of hydrogen-bond donors (Lipinski definition) is 0. The molecule has 1 aromatic heterocycles. The van der Waals surface area contributed by atoms with E-state index in [1.807, 2.05) is 18.4 Å². The number of benzene rings is 1. The average Bonchev–Trinajstić information content (AvgIpc) is 3.01. The number of para-hydroxylation sites is 1. The molecule has 1 aromatic carbocycles. The Morgan fingerprint density at radius 3 is 3.22 bits per heavy atom. The molecule has 0 saturated carbocycles. The van der Waals surface area contributed by atoms with Crippen molar-refractivity contribution in [1.29, 1.82) is 0 Å². The quantitative estimate of drug-likeness (QED) is 0.781. The summed E-state index contributed by atoms with van der Waals surface area (Å²) in [5.74, 6) is 0. The molecule has 90 valence electrons. The van der Waals surface area contributed by atoms with E-state index in [1.54, 1.807) is 11.8 Å². The second-order valence-corrected chi connectivity index (χ2v) is 5.27. The zero-order valence-electron chi connectivity index (χ0n) is 9.80. The van der Waals surface area contributed by atoms with Gasteiger partial charge in [0.05, 0.1) is 5.70 Å². The summed E-state index contributed by atoms with van der Waals surface area (Å²) in [5.41, 5.74) is 3.34. The largest absolute Gasteiger partial charge is 0.464 e. The SMILES string of the molecule is C1=C(c2coc3ccccc23)N2CCCN=C2S1. The van der Waals surface area contributed by atoms with E-state index < -0.39 is 0 Å². The molecule has 2 aliphatic rings. The predicted molar refractivity (Wildman–Crippen MR) is 75.4 cm³/mol. The second kappa shape index (κ2) is 3.92. The van der Waals surface area contributed by atoms with Crippen molar-refractivity contribution in [3.05, 3.63) is 41.5 Å². The van der Waals surface area contributed by atoms with Gasteiger partial charge in [0.1, 0.15) is 11.8 Å². The Kier molecular flexibility index (Phi) is 2.23. The molecule has 3 heterocycles. The number of fused-ring (bicyclic) bond motifs is 2. The third-order valence-corrected chi connectivity index (χ3v) is 4.24. The molecule has 0 aliphatic carbocycles. The molecule has 18 heavy (non-hydrogen) atoms. The molecule has 0 atom stereocenters. The first-order chi connectivity index (χ1) is 8.93. The fourth-order valence-electron chi connectivity index (χ4n) is 2.47. The topological polar surface area (TPSA) is 28.7 Å². The van der Waals surface area contributed by atoms with Gasteiger partial charge in [0.2, 0.25) is 0 Å². The van der Waals surface area contributed by atoms with Crippen LogP contribution in [0.15, 0.2) is 45.3 Å². The first kappa shape index (κ1) is 10.3. The van der Waals surface area contributed by atoms with E-state index in [0.717, 1.165) is 30.3 Å². The minimum absolute atomic E-state index is 0.945. The highest BCUT2D eigenvalue weighted by Crippen LogP contribution is 2.38. The fraction of sp³-hybridized carbons (Fsp3) is 0.214. The van der Waals surface area contributed by atoms with Crippen LogP contribution in [0.4, 0.5) is 0 Å². The molecule has 0 bridgehead atoms. The van der Waals surface area contributed by atoms with Gasteiger partial charge in [0.15, 0.2) is 5.17 Å². The molecule has 3 nitrogen and oxygen atoms in total. The van der Waals surface area contributed by atoms with Gasteiger partial charge >= 0.3 is 0 Å². The van der Waals surface area contributed by atoms with Crippen molar-refractivity contribution < 1.29 is 4.42 Å². The third-order valence-electron chi connectivity index (χ3n) is 3.34. The van der Waals surface area contributed by atoms with Crippen molar-refractivity contribution >= 4 is 33.6 Å². The summed E-state index contributed by atoms with van der Waals surface area (Å²) in [4.78, 5) is 6.85. The molecule has 0 fully saturated rings. The standard InChI is InChI=1S/C14H12N2OS/c1-2-5-13-10(4-1)11(8-17-13)12-9-18-14-15-6-3-7-16(12)14/h1-2,4-5,8-9H,3,6-7H2. The number of nitrogens with zero attached hydrogens (tertiary/aromatic N) is 2. The van der Waals surface area contributed by atoms with Gasteiger partial charge in [-0.25, -0.2) is 0 Å². The maximum Gasteiger partial charge on any atom is 0.168 e. The zero-order valence-corrected chi connectivity index (χ0v) is 10.6. The van der Waals surface area contributed by atoms with Gasteiger partial charge in [-0.1, -0.05) is 30.0 Å². The van der Waals surface area contributed by atoms with Crippen molar-refractivity contribution in [3.8, 4) is 0 Å². The Balaban J connectivity index is 1.84. The summed E-state index contributed by atoms with van der Waals surface area (Å²) < 4.78 is 5.62. The lowest BCUT2D eigenvalue weighted by atomic mass is 10.1. The van der Waals surface area contributed by atoms with Crippen LogP contribution in [0.2, 0.25) is 0 Å².